The number of aromatic nitrogens is 2. The monoisotopic (exact) mass is 215 g/mol. The fourth-order valence-electron chi connectivity index (χ4n) is 0.325. The Morgan fingerprint density at radius 1 is 1.40 bits per heavy atom. The number of imidazole rings is 1. The smallest absolute Gasteiger partial charge is 0.143 e. The highest BCUT2D eigenvalue weighted by Gasteiger charge is 1.77. The van der Waals surface area contributed by atoms with E-state index in [2.05, 4.69) is 9.97 Å². The van der Waals surface area contributed by atoms with Gasteiger partial charge < -0.3 is 10.7 Å². The maximum atomic E-state index is 9.69. The molecule has 3 N–H and O–H groups in total. The van der Waals surface area contributed by atoms with Crippen molar-refractivity contribution in [3.8, 4) is 0 Å². The predicted octanol–water partition coefficient (Wildman–Crippen LogP) is 2.30. The first-order chi connectivity index (χ1) is 7.16. The van der Waals surface area contributed by atoms with Crippen molar-refractivity contribution < 1.29 is 4.79 Å². The molecule has 0 unspecified atom stereocenters. The summed E-state index contributed by atoms with van der Waals surface area (Å²) in [5.74, 6) is 0.0324. The number of carbonyl (C=O) groups is 1. The van der Waals surface area contributed by atoms with Gasteiger partial charge in [0.15, 0.2) is 0 Å². The Morgan fingerprint density at radius 3 is 1.87 bits per heavy atom. The van der Waals surface area contributed by atoms with E-state index in [1.165, 1.54) is 6.92 Å². The number of Topliss-reactive ketones (excluding diaryl/α,β-unsaturated/α-hetero) is 1. The summed E-state index contributed by atoms with van der Waals surface area (Å²) in [5, 5.41) is 0. The number of ketones is 1. The summed E-state index contributed by atoms with van der Waals surface area (Å²) >= 11 is 0. The van der Waals surface area contributed by atoms with E-state index < -0.39 is 0 Å². The number of nitrogens with zero attached hydrogens (tertiary/aromatic N) is 1. The molecule has 0 fully saturated rings. The highest BCUT2D eigenvalue weighted by molar-refractivity contribution is 5.77. The molecule has 0 bridgehead atoms. The van der Waals surface area contributed by atoms with Gasteiger partial charge in [0.1, 0.15) is 5.78 Å². The predicted molar refractivity (Wildman–Crippen MR) is 65.8 cm³/mol. The zero-order valence-corrected chi connectivity index (χ0v) is 10.8. The normalized spacial score (nSPS) is 6.87. The van der Waals surface area contributed by atoms with Crippen molar-refractivity contribution in [1.82, 2.24) is 9.97 Å². The summed E-state index contributed by atoms with van der Waals surface area (Å²) in [4.78, 5) is 16.3. The molecular formula is C11H25N3O. The number of aryl methyl sites for hydroxylation is 1. The van der Waals surface area contributed by atoms with Gasteiger partial charge in [-0.05, 0) is 13.8 Å². The van der Waals surface area contributed by atoms with Crippen LogP contribution in [0.5, 0.6) is 0 Å². The van der Waals surface area contributed by atoms with Crippen molar-refractivity contribution >= 4 is 5.78 Å². The van der Waals surface area contributed by atoms with Gasteiger partial charge in [0.25, 0.3) is 0 Å². The van der Waals surface area contributed by atoms with E-state index in [4.69, 9.17) is 5.73 Å². The van der Waals surface area contributed by atoms with Gasteiger partial charge in [0.2, 0.25) is 0 Å². The number of H-pyrrole nitrogens is 1. The van der Waals surface area contributed by atoms with Crippen LogP contribution in [0, 0.1) is 6.92 Å². The van der Waals surface area contributed by atoms with Crippen LogP contribution in [0.2, 0.25) is 0 Å². The lowest BCUT2D eigenvalue weighted by Crippen LogP contribution is -2.07. The van der Waals surface area contributed by atoms with E-state index in [0.717, 1.165) is 5.69 Å². The number of carbonyl (C=O) groups excluding carboxylic acids is 1. The first kappa shape index (κ1) is 19.4. The lowest BCUT2D eigenvalue weighted by Gasteiger charge is -1.73. The summed E-state index contributed by atoms with van der Waals surface area (Å²) < 4.78 is 0. The van der Waals surface area contributed by atoms with Crippen LogP contribution in [0.1, 0.15) is 40.3 Å². The van der Waals surface area contributed by atoms with Crippen molar-refractivity contribution in [2.24, 2.45) is 5.73 Å². The Hall–Kier alpha value is -1.16. The third-order valence-corrected chi connectivity index (χ3v) is 0.922. The largest absolute Gasteiger partial charge is 0.349 e. The zero-order chi connectivity index (χ0) is 12.7. The maximum absolute atomic E-state index is 9.69. The lowest BCUT2D eigenvalue weighted by molar-refractivity contribution is -0.115. The Balaban J connectivity index is -0.000000146. The first-order valence-electron chi connectivity index (χ1n) is 5.31. The Kier molecular flexibility index (Phi) is 24.1. The van der Waals surface area contributed by atoms with Crippen molar-refractivity contribution in [1.29, 1.82) is 0 Å². The van der Waals surface area contributed by atoms with Crippen LogP contribution in [0.4, 0.5) is 0 Å². The Morgan fingerprint density at radius 2 is 1.80 bits per heavy atom. The molecule has 1 heterocycles. The van der Waals surface area contributed by atoms with Gasteiger partial charge >= 0.3 is 0 Å². The molecule has 0 saturated carbocycles. The minimum Gasteiger partial charge on any atom is -0.349 e. The second-order valence-electron chi connectivity index (χ2n) is 2.14. The molecule has 0 saturated heterocycles. The molecule has 0 aliphatic heterocycles. The van der Waals surface area contributed by atoms with E-state index in [-0.39, 0.29) is 12.3 Å². The average molecular weight is 215 g/mol. The molecule has 0 amide bonds. The third-order valence-electron chi connectivity index (χ3n) is 0.922. The quantitative estimate of drug-likeness (QED) is 0.755. The van der Waals surface area contributed by atoms with Gasteiger partial charge in [-0.2, -0.15) is 0 Å². The zero-order valence-electron chi connectivity index (χ0n) is 10.8. The van der Waals surface area contributed by atoms with Crippen molar-refractivity contribution in [2.75, 3.05) is 6.54 Å². The van der Waals surface area contributed by atoms with Gasteiger partial charge in [0, 0.05) is 11.9 Å². The van der Waals surface area contributed by atoms with Gasteiger partial charge in [-0.15, -0.1) is 0 Å². The van der Waals surface area contributed by atoms with E-state index in [1.807, 2.05) is 34.6 Å². The molecular weight excluding hydrogens is 190 g/mol. The molecule has 1 aromatic heterocycles. The van der Waals surface area contributed by atoms with Gasteiger partial charge in [-0.1, -0.05) is 27.7 Å². The van der Waals surface area contributed by atoms with Crippen LogP contribution in [0.3, 0.4) is 0 Å². The van der Waals surface area contributed by atoms with Crippen molar-refractivity contribution in [3.05, 3.63) is 18.2 Å². The number of nitrogens with one attached hydrogen (secondary N) is 1. The van der Waals surface area contributed by atoms with Crippen LogP contribution >= 0.6 is 0 Å². The molecule has 1 rings (SSSR count). The van der Waals surface area contributed by atoms with E-state index in [0.29, 0.717) is 0 Å². The molecule has 15 heavy (non-hydrogen) atoms. The van der Waals surface area contributed by atoms with Gasteiger partial charge in [-0.25, -0.2) is 4.98 Å². The summed E-state index contributed by atoms with van der Waals surface area (Å²) in [5.41, 5.74) is 5.93. The SMILES string of the molecule is CC.CC.CC(=O)CN.Cc1cnc[nH]1. The molecule has 0 atom stereocenters. The summed E-state index contributed by atoms with van der Waals surface area (Å²) in [6.45, 7) is 11.6. The number of nitrogens with two attached hydrogens (primary N) is 1. The second-order valence-corrected chi connectivity index (χ2v) is 2.14. The second kappa shape index (κ2) is 18.6. The van der Waals surface area contributed by atoms with E-state index in [9.17, 15) is 4.79 Å². The summed E-state index contributed by atoms with van der Waals surface area (Å²) in [7, 11) is 0. The number of aromatic amines is 1. The van der Waals surface area contributed by atoms with Crippen LogP contribution < -0.4 is 5.73 Å². The van der Waals surface area contributed by atoms with Crippen molar-refractivity contribution in [2.45, 2.75) is 41.5 Å². The molecule has 0 aliphatic rings. The fraction of sp³-hybridized carbons (Fsp3) is 0.636. The molecule has 4 nitrogen and oxygen atoms in total. The molecule has 90 valence electrons. The number of hydrogen-bond acceptors (Lipinski definition) is 3. The molecule has 0 radical (unpaired) electrons. The fourth-order valence-corrected chi connectivity index (χ4v) is 0.325. The minimum absolute atomic E-state index is 0.0324. The van der Waals surface area contributed by atoms with Gasteiger partial charge in [0.05, 0.1) is 12.9 Å². The average Bonchev–Trinajstić information content (AvgIpc) is 2.76. The molecule has 0 spiro atoms. The topological polar surface area (TPSA) is 71.8 Å². The molecule has 1 aromatic rings. The van der Waals surface area contributed by atoms with Crippen LogP contribution in [-0.2, 0) is 4.79 Å². The van der Waals surface area contributed by atoms with Gasteiger partial charge in [-0.3, -0.25) is 4.79 Å². The highest BCUT2D eigenvalue weighted by Crippen LogP contribution is 1.81. The van der Waals surface area contributed by atoms with E-state index in [1.54, 1.807) is 12.5 Å². The summed E-state index contributed by atoms with van der Waals surface area (Å²) in [6, 6.07) is 0. The molecule has 4 heteroatoms. The molecule has 0 aliphatic carbocycles. The third kappa shape index (κ3) is 24.5. The first-order valence-corrected chi connectivity index (χ1v) is 5.31. The highest BCUT2D eigenvalue weighted by atomic mass is 16.1. The Bertz CT molecular complexity index is 196. The van der Waals surface area contributed by atoms with Crippen LogP contribution in [0.25, 0.3) is 0 Å². The minimum atomic E-state index is 0.0324. The van der Waals surface area contributed by atoms with Crippen LogP contribution in [0.15, 0.2) is 12.5 Å². The Labute approximate surface area is 93.3 Å². The van der Waals surface area contributed by atoms with E-state index >= 15 is 0 Å². The standard InChI is InChI=1S/C4H6N2.C3H7NO.2C2H6/c1-4-2-5-3-6-4;1-3(5)2-4;2*1-2/h2-3H,1H3,(H,5,6);2,4H2,1H3;2*1-2H3. The lowest BCUT2D eigenvalue weighted by atomic mass is 10.5. The molecule has 0 aromatic carbocycles. The maximum Gasteiger partial charge on any atom is 0.143 e. The summed E-state index contributed by atoms with van der Waals surface area (Å²) in [6.07, 6.45) is 3.44. The number of hydrogen-bond donors (Lipinski definition) is 2. The van der Waals surface area contributed by atoms with Crippen molar-refractivity contribution in [3.63, 3.8) is 0 Å². The number of rotatable bonds is 1. The van der Waals surface area contributed by atoms with Crippen LogP contribution in [-0.4, -0.2) is 22.3 Å².